The molecule has 0 saturated carbocycles. The third-order valence-electron chi connectivity index (χ3n) is 5.93. The summed E-state index contributed by atoms with van der Waals surface area (Å²) >= 11 is 0. The summed E-state index contributed by atoms with van der Waals surface area (Å²) in [5.74, 6) is 0.321. The Morgan fingerprint density at radius 3 is 2.60 bits per heavy atom. The van der Waals surface area contributed by atoms with E-state index in [2.05, 4.69) is 18.7 Å². The lowest BCUT2D eigenvalue weighted by atomic mass is 10.0. The van der Waals surface area contributed by atoms with Gasteiger partial charge in [-0.2, -0.15) is 0 Å². The van der Waals surface area contributed by atoms with Crippen LogP contribution in [0.3, 0.4) is 0 Å². The molecule has 6 nitrogen and oxygen atoms in total. The molecule has 1 aliphatic rings. The van der Waals surface area contributed by atoms with Gasteiger partial charge in [0.05, 0.1) is 10.6 Å². The lowest BCUT2D eigenvalue weighted by Gasteiger charge is -2.29. The summed E-state index contributed by atoms with van der Waals surface area (Å²) in [7, 11) is -3.30. The van der Waals surface area contributed by atoms with E-state index in [0.717, 1.165) is 70.3 Å². The zero-order valence-electron chi connectivity index (χ0n) is 18.9. The molecule has 1 aromatic rings. The Kier molecular flexibility index (Phi) is 9.62. The van der Waals surface area contributed by atoms with E-state index >= 15 is 0 Å². The van der Waals surface area contributed by atoms with Gasteiger partial charge in [0.25, 0.3) is 0 Å². The van der Waals surface area contributed by atoms with E-state index in [1.807, 2.05) is 11.0 Å². The maximum absolute atomic E-state index is 12.1. The monoisotopic (exact) mass is 437 g/mol. The van der Waals surface area contributed by atoms with Crippen molar-refractivity contribution in [2.45, 2.75) is 76.2 Å². The number of hydrogen-bond donors (Lipinski definition) is 1. The maximum atomic E-state index is 12.1. The predicted octanol–water partition coefficient (Wildman–Crippen LogP) is 3.50. The predicted molar refractivity (Wildman–Crippen MR) is 123 cm³/mol. The molecule has 1 aliphatic heterocycles. The third kappa shape index (κ3) is 7.58. The van der Waals surface area contributed by atoms with Crippen LogP contribution in [0.1, 0.15) is 64.4 Å². The van der Waals surface area contributed by atoms with Crippen molar-refractivity contribution in [1.29, 1.82) is 0 Å². The van der Waals surface area contributed by atoms with E-state index in [4.69, 9.17) is 5.73 Å². The summed E-state index contributed by atoms with van der Waals surface area (Å²) in [4.78, 5) is 16.9. The first-order valence-electron chi connectivity index (χ1n) is 11.3. The largest absolute Gasteiger partial charge is 0.398 e. The van der Waals surface area contributed by atoms with Gasteiger partial charge in [0.1, 0.15) is 0 Å². The molecule has 30 heavy (non-hydrogen) atoms. The molecule has 1 unspecified atom stereocenters. The molecule has 1 atom stereocenters. The molecule has 2 N–H and O–H groups in total. The molecule has 0 spiro atoms. The number of nitrogen functional groups attached to an aromatic ring is 1. The highest BCUT2D eigenvalue weighted by molar-refractivity contribution is 7.90. The number of amides is 1. The van der Waals surface area contributed by atoms with E-state index in [1.165, 1.54) is 12.7 Å². The molecule has 1 fully saturated rings. The molecule has 0 aliphatic carbocycles. The lowest BCUT2D eigenvalue weighted by Crippen LogP contribution is -2.37. The molecule has 2 rings (SSSR count). The molecule has 0 radical (unpaired) electrons. The van der Waals surface area contributed by atoms with Gasteiger partial charge < -0.3 is 15.5 Å². The van der Waals surface area contributed by atoms with Gasteiger partial charge in [-0.25, -0.2) is 8.42 Å². The Labute approximate surface area is 182 Å². The second kappa shape index (κ2) is 11.7. The van der Waals surface area contributed by atoms with Crippen molar-refractivity contribution < 1.29 is 13.2 Å². The zero-order chi connectivity index (χ0) is 22.1. The number of sulfone groups is 1. The van der Waals surface area contributed by atoms with Gasteiger partial charge in [0.15, 0.2) is 9.84 Å². The number of carbonyl (C=O) groups excluding carboxylic acids is 1. The van der Waals surface area contributed by atoms with Gasteiger partial charge in [-0.15, -0.1) is 0 Å². The molecule has 170 valence electrons. The number of benzene rings is 1. The molecular formula is C23H39N3O3S. The van der Waals surface area contributed by atoms with Gasteiger partial charge in [-0.3, -0.25) is 4.79 Å². The van der Waals surface area contributed by atoms with Crippen LogP contribution in [0.15, 0.2) is 23.1 Å². The van der Waals surface area contributed by atoms with E-state index in [-0.39, 0.29) is 4.90 Å². The van der Waals surface area contributed by atoms with E-state index in [0.29, 0.717) is 24.1 Å². The fourth-order valence-electron chi connectivity index (χ4n) is 4.27. The SMILES string of the molecule is CCCN(CCCCN1CCCCCC1=O)C(C)Cc1ccc(S(C)(=O)=O)c(N)c1. The summed E-state index contributed by atoms with van der Waals surface area (Å²) in [5.41, 5.74) is 7.37. The Balaban J connectivity index is 1.87. The Morgan fingerprint density at radius 2 is 1.93 bits per heavy atom. The van der Waals surface area contributed by atoms with Gasteiger partial charge in [0, 0.05) is 31.8 Å². The van der Waals surface area contributed by atoms with E-state index < -0.39 is 9.84 Å². The molecule has 7 heteroatoms. The average Bonchev–Trinajstić information content (AvgIpc) is 2.87. The smallest absolute Gasteiger partial charge is 0.222 e. The highest BCUT2D eigenvalue weighted by atomic mass is 32.2. The Hall–Kier alpha value is -1.60. The highest BCUT2D eigenvalue weighted by Gasteiger charge is 2.18. The number of carbonyl (C=O) groups is 1. The van der Waals surface area contributed by atoms with Crippen LogP contribution in [0.2, 0.25) is 0 Å². The van der Waals surface area contributed by atoms with Crippen LogP contribution in [-0.2, 0) is 21.1 Å². The van der Waals surface area contributed by atoms with Crippen molar-refractivity contribution in [3.05, 3.63) is 23.8 Å². The van der Waals surface area contributed by atoms with Crippen molar-refractivity contribution in [2.75, 3.05) is 38.2 Å². The van der Waals surface area contributed by atoms with Crippen LogP contribution >= 0.6 is 0 Å². The molecule has 0 aromatic heterocycles. The topological polar surface area (TPSA) is 83.7 Å². The summed E-state index contributed by atoms with van der Waals surface area (Å²) in [5, 5.41) is 0. The first-order valence-corrected chi connectivity index (χ1v) is 13.2. The van der Waals surface area contributed by atoms with Crippen LogP contribution < -0.4 is 5.73 Å². The van der Waals surface area contributed by atoms with Gasteiger partial charge in [-0.1, -0.05) is 19.4 Å². The van der Waals surface area contributed by atoms with Crippen molar-refractivity contribution in [1.82, 2.24) is 9.80 Å². The van der Waals surface area contributed by atoms with E-state index in [9.17, 15) is 13.2 Å². The second-order valence-electron chi connectivity index (χ2n) is 8.63. The first-order chi connectivity index (χ1) is 14.2. The minimum atomic E-state index is -3.30. The van der Waals surface area contributed by atoms with Crippen molar-refractivity contribution in [3.63, 3.8) is 0 Å². The third-order valence-corrected chi connectivity index (χ3v) is 7.10. The zero-order valence-corrected chi connectivity index (χ0v) is 19.7. The van der Waals surface area contributed by atoms with Gasteiger partial charge in [0.2, 0.25) is 5.91 Å². The van der Waals surface area contributed by atoms with Crippen LogP contribution in [0.5, 0.6) is 0 Å². The number of hydrogen-bond acceptors (Lipinski definition) is 5. The van der Waals surface area contributed by atoms with E-state index in [1.54, 1.807) is 12.1 Å². The summed E-state index contributed by atoms with van der Waals surface area (Å²) < 4.78 is 23.5. The van der Waals surface area contributed by atoms with Crippen molar-refractivity contribution in [2.24, 2.45) is 0 Å². The molecule has 1 saturated heterocycles. The normalized spacial score (nSPS) is 16.7. The Morgan fingerprint density at radius 1 is 1.17 bits per heavy atom. The highest BCUT2D eigenvalue weighted by Crippen LogP contribution is 2.21. The molecule has 1 amide bonds. The van der Waals surface area contributed by atoms with Gasteiger partial charge in [-0.05, 0) is 76.2 Å². The van der Waals surface area contributed by atoms with Crippen LogP contribution in [0, 0.1) is 0 Å². The lowest BCUT2D eigenvalue weighted by molar-refractivity contribution is -0.130. The number of rotatable bonds is 11. The maximum Gasteiger partial charge on any atom is 0.222 e. The van der Waals surface area contributed by atoms with Crippen LogP contribution in [0.25, 0.3) is 0 Å². The summed E-state index contributed by atoms with van der Waals surface area (Å²) in [6.45, 7) is 8.23. The number of likely N-dealkylation sites (tertiary alicyclic amines) is 1. The summed E-state index contributed by atoms with van der Waals surface area (Å²) in [6.07, 6.45) is 9.25. The minimum Gasteiger partial charge on any atom is -0.398 e. The fraction of sp³-hybridized carbons (Fsp3) is 0.696. The minimum absolute atomic E-state index is 0.201. The van der Waals surface area contributed by atoms with Crippen LogP contribution in [0.4, 0.5) is 5.69 Å². The molecular weight excluding hydrogens is 398 g/mol. The quantitative estimate of drug-likeness (QED) is 0.423. The van der Waals surface area contributed by atoms with Crippen molar-refractivity contribution >= 4 is 21.4 Å². The standard InChI is InChI=1S/C23H39N3O3S/c1-4-13-25(14-8-9-16-26-15-7-5-6-10-23(26)27)19(2)17-20-11-12-22(21(24)18-20)30(3,28)29/h11-12,18-19H,4-10,13-17,24H2,1-3H3. The number of anilines is 1. The average molecular weight is 438 g/mol. The second-order valence-corrected chi connectivity index (χ2v) is 10.6. The fourth-order valence-corrected chi connectivity index (χ4v) is 5.07. The van der Waals surface area contributed by atoms with Crippen molar-refractivity contribution in [3.8, 4) is 0 Å². The van der Waals surface area contributed by atoms with Crippen LogP contribution in [-0.4, -0.2) is 62.6 Å². The number of nitrogens with two attached hydrogens (primary N) is 1. The number of nitrogens with zero attached hydrogens (tertiary/aromatic N) is 2. The first kappa shape index (κ1) is 24.7. The number of unbranched alkanes of at least 4 members (excludes halogenated alkanes) is 1. The Bertz CT molecular complexity index is 795. The molecule has 1 aromatic carbocycles. The molecule has 1 heterocycles. The van der Waals surface area contributed by atoms with Gasteiger partial charge >= 0.3 is 0 Å². The summed E-state index contributed by atoms with van der Waals surface area (Å²) in [6, 6.07) is 5.63. The molecule has 0 bridgehead atoms.